The highest BCUT2D eigenvalue weighted by molar-refractivity contribution is 7.92. The number of benzene rings is 3. The number of anilines is 2. The fraction of sp³-hybridized carbons (Fsp3) is 0.208. The third-order valence-corrected chi connectivity index (χ3v) is 6.72. The summed E-state index contributed by atoms with van der Waals surface area (Å²) in [4.78, 5) is 13.1. The number of sulfonamides is 1. The standard InChI is InChI=1S/C24H26N2O5S/c1-4-18-10-8-9-13-22(18)26(32(28,29)20-11-6-5-7-12-20)17-24(27)25-21-15-14-19(30-2)16-23(21)31-3/h5-16H,4,17H2,1-3H3,(H,25,27). The van der Waals surface area contributed by atoms with Crippen molar-refractivity contribution >= 4 is 27.3 Å². The van der Waals surface area contributed by atoms with E-state index in [2.05, 4.69) is 5.32 Å². The SMILES string of the molecule is CCc1ccccc1N(CC(=O)Nc1ccc(OC)cc1OC)S(=O)(=O)c1ccccc1. The first-order valence-electron chi connectivity index (χ1n) is 10.1. The van der Waals surface area contributed by atoms with E-state index in [0.29, 0.717) is 29.3 Å². The van der Waals surface area contributed by atoms with Crippen LogP contribution in [-0.4, -0.2) is 35.1 Å². The molecule has 3 aromatic rings. The van der Waals surface area contributed by atoms with Crippen molar-refractivity contribution in [3.05, 3.63) is 78.4 Å². The maximum Gasteiger partial charge on any atom is 0.264 e. The molecule has 0 fully saturated rings. The zero-order chi connectivity index (χ0) is 23.1. The van der Waals surface area contributed by atoms with Crippen LogP contribution in [0.25, 0.3) is 0 Å². The molecule has 0 radical (unpaired) electrons. The summed E-state index contributed by atoms with van der Waals surface area (Å²) in [6.45, 7) is 1.54. The summed E-state index contributed by atoms with van der Waals surface area (Å²) < 4.78 is 38.6. The second-order valence-electron chi connectivity index (χ2n) is 6.92. The van der Waals surface area contributed by atoms with Gasteiger partial charge in [-0.3, -0.25) is 9.10 Å². The van der Waals surface area contributed by atoms with Gasteiger partial charge >= 0.3 is 0 Å². The maximum atomic E-state index is 13.5. The van der Waals surface area contributed by atoms with Crippen LogP contribution >= 0.6 is 0 Å². The molecule has 0 heterocycles. The Kier molecular flexibility index (Phi) is 7.37. The van der Waals surface area contributed by atoms with Crippen LogP contribution in [0, 0.1) is 0 Å². The van der Waals surface area contributed by atoms with Gasteiger partial charge in [-0.15, -0.1) is 0 Å². The van der Waals surface area contributed by atoms with Gasteiger partial charge in [0, 0.05) is 6.07 Å². The topological polar surface area (TPSA) is 84.9 Å². The zero-order valence-corrected chi connectivity index (χ0v) is 19.1. The molecular formula is C24H26N2O5S. The van der Waals surface area contributed by atoms with E-state index in [-0.39, 0.29) is 4.90 Å². The number of para-hydroxylation sites is 1. The number of carbonyl (C=O) groups is 1. The van der Waals surface area contributed by atoms with Gasteiger partial charge in [0.15, 0.2) is 0 Å². The van der Waals surface area contributed by atoms with Gasteiger partial charge in [-0.1, -0.05) is 43.3 Å². The largest absolute Gasteiger partial charge is 0.497 e. The molecule has 0 saturated heterocycles. The average Bonchev–Trinajstić information content (AvgIpc) is 2.83. The van der Waals surface area contributed by atoms with Gasteiger partial charge in [-0.05, 0) is 42.3 Å². The molecule has 168 valence electrons. The third-order valence-electron chi connectivity index (χ3n) is 4.94. The lowest BCUT2D eigenvalue weighted by Gasteiger charge is -2.26. The number of ether oxygens (including phenoxy) is 2. The number of aryl methyl sites for hydroxylation is 1. The van der Waals surface area contributed by atoms with Gasteiger partial charge in [0.05, 0.1) is 30.5 Å². The van der Waals surface area contributed by atoms with E-state index in [9.17, 15) is 13.2 Å². The molecule has 0 aliphatic heterocycles. The Balaban J connectivity index is 1.97. The number of hydrogen-bond acceptors (Lipinski definition) is 5. The van der Waals surface area contributed by atoms with Gasteiger partial charge in [-0.25, -0.2) is 8.42 Å². The Morgan fingerprint density at radius 2 is 1.62 bits per heavy atom. The molecule has 0 saturated carbocycles. The van der Waals surface area contributed by atoms with Crippen LogP contribution in [0.15, 0.2) is 77.7 Å². The molecule has 0 atom stereocenters. The summed E-state index contributed by atoms with van der Waals surface area (Å²) in [5, 5.41) is 2.75. The van der Waals surface area contributed by atoms with E-state index in [1.807, 2.05) is 19.1 Å². The maximum absolute atomic E-state index is 13.5. The van der Waals surface area contributed by atoms with Crippen molar-refractivity contribution in [1.82, 2.24) is 0 Å². The van der Waals surface area contributed by atoms with E-state index in [1.54, 1.807) is 48.5 Å². The first-order valence-corrected chi connectivity index (χ1v) is 11.5. The average molecular weight is 455 g/mol. The van der Waals surface area contributed by atoms with Crippen molar-refractivity contribution in [2.24, 2.45) is 0 Å². The van der Waals surface area contributed by atoms with E-state index in [1.165, 1.54) is 26.4 Å². The number of nitrogens with zero attached hydrogens (tertiary/aromatic N) is 1. The fourth-order valence-corrected chi connectivity index (χ4v) is 4.77. The Labute approximate surface area is 188 Å². The highest BCUT2D eigenvalue weighted by Gasteiger charge is 2.28. The van der Waals surface area contributed by atoms with Crippen LogP contribution in [0.1, 0.15) is 12.5 Å². The van der Waals surface area contributed by atoms with Crippen LogP contribution < -0.4 is 19.1 Å². The first kappa shape index (κ1) is 23.1. The number of rotatable bonds is 9. The lowest BCUT2D eigenvalue weighted by atomic mass is 10.1. The van der Waals surface area contributed by atoms with Crippen LogP contribution in [0.4, 0.5) is 11.4 Å². The number of nitrogens with one attached hydrogen (secondary N) is 1. The second-order valence-corrected chi connectivity index (χ2v) is 8.78. The molecule has 1 N–H and O–H groups in total. The molecule has 32 heavy (non-hydrogen) atoms. The molecule has 1 amide bonds. The van der Waals surface area contributed by atoms with Crippen molar-refractivity contribution in [2.75, 3.05) is 30.4 Å². The summed E-state index contributed by atoms with van der Waals surface area (Å²) >= 11 is 0. The van der Waals surface area contributed by atoms with Crippen molar-refractivity contribution in [3.63, 3.8) is 0 Å². The smallest absolute Gasteiger partial charge is 0.264 e. The fourth-order valence-electron chi connectivity index (χ4n) is 3.29. The zero-order valence-electron chi connectivity index (χ0n) is 18.2. The van der Waals surface area contributed by atoms with Crippen LogP contribution in [0.2, 0.25) is 0 Å². The number of amides is 1. The predicted octanol–water partition coefficient (Wildman–Crippen LogP) is 4.10. The minimum atomic E-state index is -3.98. The van der Waals surface area contributed by atoms with Crippen LogP contribution in [0.3, 0.4) is 0 Å². The van der Waals surface area contributed by atoms with Crippen molar-refractivity contribution in [2.45, 2.75) is 18.2 Å². The Bertz CT molecular complexity index is 1180. The van der Waals surface area contributed by atoms with Gasteiger partial charge < -0.3 is 14.8 Å². The van der Waals surface area contributed by atoms with Gasteiger partial charge in [0.1, 0.15) is 18.0 Å². The Morgan fingerprint density at radius 1 is 0.938 bits per heavy atom. The van der Waals surface area contributed by atoms with Crippen molar-refractivity contribution in [3.8, 4) is 11.5 Å². The first-order chi connectivity index (χ1) is 15.4. The molecule has 3 rings (SSSR count). The number of carbonyl (C=O) groups excluding carboxylic acids is 1. The van der Waals surface area contributed by atoms with E-state index >= 15 is 0 Å². The van der Waals surface area contributed by atoms with Gasteiger partial charge in [-0.2, -0.15) is 0 Å². The molecule has 8 heteroatoms. The minimum absolute atomic E-state index is 0.112. The van der Waals surface area contributed by atoms with E-state index < -0.39 is 22.5 Å². The minimum Gasteiger partial charge on any atom is -0.497 e. The van der Waals surface area contributed by atoms with E-state index in [0.717, 1.165) is 9.87 Å². The molecule has 0 aliphatic rings. The van der Waals surface area contributed by atoms with Crippen LogP contribution in [-0.2, 0) is 21.2 Å². The lowest BCUT2D eigenvalue weighted by Crippen LogP contribution is -2.38. The summed E-state index contributed by atoms with van der Waals surface area (Å²) in [6.07, 6.45) is 0.616. The van der Waals surface area contributed by atoms with Crippen LogP contribution in [0.5, 0.6) is 11.5 Å². The van der Waals surface area contributed by atoms with Gasteiger partial charge in [0.2, 0.25) is 5.91 Å². The molecule has 7 nitrogen and oxygen atoms in total. The van der Waals surface area contributed by atoms with Crippen molar-refractivity contribution < 1.29 is 22.7 Å². The number of hydrogen-bond donors (Lipinski definition) is 1. The molecular weight excluding hydrogens is 428 g/mol. The monoisotopic (exact) mass is 454 g/mol. The Morgan fingerprint density at radius 3 is 2.28 bits per heavy atom. The molecule has 0 spiro atoms. The quantitative estimate of drug-likeness (QED) is 0.526. The summed E-state index contributed by atoms with van der Waals surface area (Å²) in [7, 11) is -0.967. The molecule has 0 aliphatic carbocycles. The highest BCUT2D eigenvalue weighted by atomic mass is 32.2. The molecule has 0 bridgehead atoms. The Hall–Kier alpha value is -3.52. The second kappa shape index (κ2) is 10.2. The molecule has 3 aromatic carbocycles. The summed E-state index contributed by atoms with van der Waals surface area (Å²) in [5.41, 5.74) is 1.71. The summed E-state index contributed by atoms with van der Waals surface area (Å²) in [5.74, 6) is 0.480. The summed E-state index contributed by atoms with van der Waals surface area (Å²) in [6, 6.07) is 20.2. The number of methoxy groups -OCH3 is 2. The normalized spacial score (nSPS) is 11.0. The predicted molar refractivity (Wildman–Crippen MR) is 125 cm³/mol. The molecule has 0 unspecified atom stereocenters. The van der Waals surface area contributed by atoms with Crippen molar-refractivity contribution in [1.29, 1.82) is 0 Å². The lowest BCUT2D eigenvalue weighted by molar-refractivity contribution is -0.114. The van der Waals surface area contributed by atoms with E-state index in [4.69, 9.17) is 9.47 Å². The third kappa shape index (κ3) is 5.03. The van der Waals surface area contributed by atoms with Gasteiger partial charge in [0.25, 0.3) is 10.0 Å². The highest BCUT2D eigenvalue weighted by Crippen LogP contribution is 2.30. The molecule has 0 aromatic heterocycles.